The van der Waals surface area contributed by atoms with Gasteiger partial charge in [0.15, 0.2) is 0 Å². The monoisotopic (exact) mass is 269 g/mol. The Kier molecular flexibility index (Phi) is 4.19. The van der Waals surface area contributed by atoms with Gasteiger partial charge in [0.25, 0.3) is 0 Å². The highest BCUT2D eigenvalue weighted by Gasteiger charge is 2.21. The second-order valence-electron chi connectivity index (χ2n) is 4.73. The minimum atomic E-state index is -3.46. The van der Waals surface area contributed by atoms with Crippen LogP contribution in [0.15, 0.2) is 23.2 Å². The van der Waals surface area contributed by atoms with Crippen LogP contribution in [0.25, 0.3) is 0 Å². The lowest BCUT2D eigenvalue weighted by Gasteiger charge is -2.16. The zero-order valence-electron chi connectivity index (χ0n) is 10.3. The first kappa shape index (κ1) is 13.3. The van der Waals surface area contributed by atoms with Gasteiger partial charge in [-0.3, -0.25) is 0 Å². The maximum absolute atomic E-state index is 12.1. The second-order valence-corrected chi connectivity index (χ2v) is 6.44. The Hall–Kier alpha value is -1.14. The molecule has 5 nitrogen and oxygen atoms in total. The van der Waals surface area contributed by atoms with Gasteiger partial charge < -0.3 is 5.73 Å². The first-order valence-electron chi connectivity index (χ1n) is 6.32. The third kappa shape index (κ3) is 3.43. The van der Waals surface area contributed by atoms with Crippen LogP contribution in [0.1, 0.15) is 38.5 Å². The highest BCUT2D eigenvalue weighted by Crippen LogP contribution is 2.19. The van der Waals surface area contributed by atoms with Gasteiger partial charge in [-0.15, -0.1) is 0 Å². The molecule has 0 saturated heterocycles. The van der Waals surface area contributed by atoms with E-state index in [0.29, 0.717) is 5.82 Å². The molecule has 0 aliphatic heterocycles. The van der Waals surface area contributed by atoms with E-state index in [-0.39, 0.29) is 10.9 Å². The lowest BCUT2D eigenvalue weighted by molar-refractivity contribution is 0.510. The first-order valence-corrected chi connectivity index (χ1v) is 7.80. The lowest BCUT2D eigenvalue weighted by Crippen LogP contribution is -2.34. The van der Waals surface area contributed by atoms with Gasteiger partial charge in [-0.05, 0) is 25.0 Å². The van der Waals surface area contributed by atoms with Crippen LogP contribution in [-0.4, -0.2) is 19.4 Å². The number of rotatable bonds is 3. The minimum absolute atomic E-state index is 0.0510. The van der Waals surface area contributed by atoms with Crippen molar-refractivity contribution in [3.63, 3.8) is 0 Å². The van der Waals surface area contributed by atoms with Gasteiger partial charge >= 0.3 is 0 Å². The predicted octanol–water partition coefficient (Wildman–Crippen LogP) is 1.66. The highest BCUT2D eigenvalue weighted by molar-refractivity contribution is 7.89. The standard InChI is InChI=1S/C12H19N3O2S/c13-12-8-7-11(9-14-12)18(16,17)15-10-5-3-1-2-4-6-10/h7-10,15H,1-6H2,(H2,13,14). The Morgan fingerprint density at radius 2 is 1.83 bits per heavy atom. The predicted molar refractivity (Wildman–Crippen MR) is 70.5 cm³/mol. The van der Waals surface area contributed by atoms with E-state index in [2.05, 4.69) is 9.71 Å². The summed E-state index contributed by atoms with van der Waals surface area (Å²) in [4.78, 5) is 4.00. The summed E-state index contributed by atoms with van der Waals surface area (Å²) in [5, 5.41) is 0. The zero-order chi connectivity index (χ0) is 13.0. The largest absolute Gasteiger partial charge is 0.384 e. The molecule has 1 saturated carbocycles. The molecule has 18 heavy (non-hydrogen) atoms. The molecule has 1 aromatic rings. The summed E-state index contributed by atoms with van der Waals surface area (Å²) in [7, 11) is -3.46. The number of pyridine rings is 1. The maximum Gasteiger partial charge on any atom is 0.242 e. The molecule has 100 valence electrons. The fraction of sp³-hybridized carbons (Fsp3) is 0.583. The summed E-state index contributed by atoms with van der Waals surface area (Å²) in [6, 6.07) is 3.04. The molecule has 1 aromatic heterocycles. The second kappa shape index (κ2) is 5.67. The van der Waals surface area contributed by atoms with E-state index in [9.17, 15) is 8.42 Å². The van der Waals surface area contributed by atoms with Gasteiger partial charge in [-0.2, -0.15) is 0 Å². The Morgan fingerprint density at radius 1 is 1.17 bits per heavy atom. The van der Waals surface area contributed by atoms with Gasteiger partial charge in [0.1, 0.15) is 10.7 Å². The maximum atomic E-state index is 12.1. The number of nitrogens with two attached hydrogens (primary N) is 1. The van der Waals surface area contributed by atoms with E-state index in [1.165, 1.54) is 31.2 Å². The molecule has 1 fully saturated rings. The third-order valence-electron chi connectivity index (χ3n) is 3.25. The van der Waals surface area contributed by atoms with Crippen LogP contribution >= 0.6 is 0 Å². The summed E-state index contributed by atoms with van der Waals surface area (Å²) >= 11 is 0. The quantitative estimate of drug-likeness (QED) is 0.817. The summed E-state index contributed by atoms with van der Waals surface area (Å²) in [5.41, 5.74) is 5.45. The van der Waals surface area contributed by atoms with Crippen LogP contribution in [-0.2, 0) is 10.0 Å². The number of hydrogen-bond donors (Lipinski definition) is 2. The van der Waals surface area contributed by atoms with Crippen molar-refractivity contribution in [3.05, 3.63) is 18.3 Å². The van der Waals surface area contributed by atoms with Gasteiger partial charge in [0, 0.05) is 12.2 Å². The fourth-order valence-corrected chi connectivity index (χ4v) is 3.48. The van der Waals surface area contributed by atoms with Crippen LogP contribution in [0, 0.1) is 0 Å². The minimum Gasteiger partial charge on any atom is -0.384 e. The number of sulfonamides is 1. The molecular formula is C12H19N3O2S. The smallest absolute Gasteiger partial charge is 0.242 e. The molecular weight excluding hydrogens is 250 g/mol. The van der Waals surface area contributed by atoms with Crippen LogP contribution in [0.2, 0.25) is 0 Å². The fourth-order valence-electron chi connectivity index (χ4n) is 2.24. The van der Waals surface area contributed by atoms with E-state index in [4.69, 9.17) is 5.73 Å². The Morgan fingerprint density at radius 3 is 2.39 bits per heavy atom. The van der Waals surface area contributed by atoms with Crippen molar-refractivity contribution in [1.82, 2.24) is 9.71 Å². The molecule has 6 heteroatoms. The Bertz CT molecular complexity index is 477. The van der Waals surface area contributed by atoms with E-state index >= 15 is 0 Å². The molecule has 0 unspecified atom stereocenters. The Balaban J connectivity index is 2.08. The average molecular weight is 269 g/mol. The van der Waals surface area contributed by atoms with Crippen molar-refractivity contribution in [3.8, 4) is 0 Å². The molecule has 2 rings (SSSR count). The molecule has 0 spiro atoms. The van der Waals surface area contributed by atoms with Crippen LogP contribution in [0.5, 0.6) is 0 Å². The first-order chi connectivity index (χ1) is 8.58. The molecule has 0 aromatic carbocycles. The number of nitrogens with zero attached hydrogens (tertiary/aromatic N) is 1. The van der Waals surface area contributed by atoms with E-state index in [1.54, 1.807) is 0 Å². The molecule has 0 radical (unpaired) electrons. The van der Waals surface area contributed by atoms with Gasteiger partial charge in [-0.1, -0.05) is 25.7 Å². The van der Waals surface area contributed by atoms with E-state index < -0.39 is 10.0 Å². The van der Waals surface area contributed by atoms with Crippen molar-refractivity contribution in [2.75, 3.05) is 5.73 Å². The lowest BCUT2D eigenvalue weighted by atomic mass is 10.1. The summed E-state index contributed by atoms with van der Waals surface area (Å²) in [6.45, 7) is 0. The van der Waals surface area contributed by atoms with Crippen molar-refractivity contribution >= 4 is 15.8 Å². The van der Waals surface area contributed by atoms with Crippen LogP contribution in [0.3, 0.4) is 0 Å². The van der Waals surface area contributed by atoms with Crippen LogP contribution in [0.4, 0.5) is 5.82 Å². The van der Waals surface area contributed by atoms with Crippen molar-refractivity contribution in [2.45, 2.75) is 49.5 Å². The summed E-state index contributed by atoms with van der Waals surface area (Å²) < 4.78 is 27.0. The van der Waals surface area contributed by atoms with E-state index in [1.807, 2.05) is 0 Å². The van der Waals surface area contributed by atoms with Crippen LogP contribution < -0.4 is 10.5 Å². The third-order valence-corrected chi connectivity index (χ3v) is 4.75. The normalized spacial score (nSPS) is 18.4. The molecule has 1 aliphatic carbocycles. The SMILES string of the molecule is Nc1ccc(S(=O)(=O)NC2CCCCCC2)cn1. The van der Waals surface area contributed by atoms with Crippen molar-refractivity contribution in [1.29, 1.82) is 0 Å². The number of nitrogen functional groups attached to an aromatic ring is 1. The zero-order valence-corrected chi connectivity index (χ0v) is 11.1. The molecule has 1 aliphatic rings. The van der Waals surface area contributed by atoms with Crippen molar-refractivity contribution < 1.29 is 8.42 Å². The molecule has 0 bridgehead atoms. The Labute approximate surface area is 108 Å². The number of aromatic nitrogens is 1. The van der Waals surface area contributed by atoms with Gasteiger partial charge in [-0.25, -0.2) is 18.1 Å². The number of nitrogens with one attached hydrogen (secondary N) is 1. The van der Waals surface area contributed by atoms with Crippen molar-refractivity contribution in [2.24, 2.45) is 0 Å². The van der Waals surface area contributed by atoms with Gasteiger partial charge in [0.2, 0.25) is 10.0 Å². The molecule has 1 heterocycles. The summed E-state index contributed by atoms with van der Waals surface area (Å²) in [6.07, 6.45) is 7.71. The molecule has 0 atom stereocenters. The average Bonchev–Trinajstić information content (AvgIpc) is 2.57. The number of hydrogen-bond acceptors (Lipinski definition) is 4. The van der Waals surface area contributed by atoms with E-state index in [0.717, 1.165) is 25.7 Å². The van der Waals surface area contributed by atoms with Gasteiger partial charge in [0.05, 0.1) is 0 Å². The molecule has 0 amide bonds. The number of anilines is 1. The highest BCUT2D eigenvalue weighted by atomic mass is 32.2. The topological polar surface area (TPSA) is 85.1 Å². The molecule has 3 N–H and O–H groups in total. The summed E-state index contributed by atoms with van der Waals surface area (Å²) in [5.74, 6) is 0.323.